The Morgan fingerprint density at radius 3 is 2.50 bits per heavy atom. The number of hydrogen-bond donors (Lipinski definition) is 1. The highest BCUT2D eigenvalue weighted by atomic mass is 32.1. The van der Waals surface area contributed by atoms with Crippen molar-refractivity contribution in [3.8, 4) is 0 Å². The van der Waals surface area contributed by atoms with E-state index >= 15 is 0 Å². The van der Waals surface area contributed by atoms with Crippen molar-refractivity contribution in [3.05, 3.63) is 63.8 Å². The van der Waals surface area contributed by atoms with Gasteiger partial charge in [-0.05, 0) is 55.4 Å². The Morgan fingerprint density at radius 1 is 1.18 bits per heavy atom. The number of rotatable bonds is 7. The molecule has 0 bridgehead atoms. The van der Waals surface area contributed by atoms with Gasteiger partial charge in [0.05, 0.1) is 0 Å². The number of carbonyl (C=O) groups excluding carboxylic acids is 2. The molecule has 0 aliphatic heterocycles. The summed E-state index contributed by atoms with van der Waals surface area (Å²) in [6.45, 7) is 5.95. The first kappa shape index (κ1) is 20.2. The van der Waals surface area contributed by atoms with Crippen molar-refractivity contribution in [1.82, 2.24) is 14.9 Å². The van der Waals surface area contributed by atoms with Crippen LogP contribution in [0.2, 0.25) is 0 Å². The second kappa shape index (κ2) is 8.62. The van der Waals surface area contributed by atoms with Gasteiger partial charge >= 0.3 is 0 Å². The Bertz CT molecular complexity index is 909. The summed E-state index contributed by atoms with van der Waals surface area (Å²) in [5.74, 6) is -0.586. The Kier molecular flexibility index (Phi) is 6.21. The second-order valence-corrected chi connectivity index (χ2v) is 8.53. The van der Waals surface area contributed by atoms with Gasteiger partial charge in [-0.3, -0.25) is 14.5 Å². The lowest BCUT2D eigenvalue weighted by Crippen LogP contribution is -2.50. The van der Waals surface area contributed by atoms with Crippen molar-refractivity contribution in [2.24, 2.45) is 0 Å². The number of carbonyl (C=O) groups is 2. The molecule has 0 saturated carbocycles. The van der Waals surface area contributed by atoms with Gasteiger partial charge in [-0.1, -0.05) is 35.7 Å². The monoisotopic (exact) mass is 414 g/mol. The standard InChI is InChI=1S/C20H22N4O2S2/c1-4-20(2,3)21-18(25)17(16-11-8-12-27-16)24(14-9-6-5-7-10-14)19(26)15-13-28-23-22-15/h5-13,17H,4H2,1-3H3,(H,21,25)/t17-/m0/s1. The fraction of sp³-hybridized carbons (Fsp3) is 0.300. The van der Waals surface area contributed by atoms with Crippen LogP contribution in [-0.4, -0.2) is 26.9 Å². The first-order valence-corrected chi connectivity index (χ1v) is 10.7. The summed E-state index contributed by atoms with van der Waals surface area (Å²) in [4.78, 5) is 29.0. The van der Waals surface area contributed by atoms with E-state index in [0.29, 0.717) is 5.69 Å². The lowest BCUT2D eigenvalue weighted by molar-refractivity contribution is -0.124. The first-order valence-electron chi connectivity index (χ1n) is 8.94. The van der Waals surface area contributed by atoms with Crippen LogP contribution in [0.4, 0.5) is 5.69 Å². The normalized spacial score (nSPS) is 12.4. The fourth-order valence-electron chi connectivity index (χ4n) is 2.66. The first-order chi connectivity index (χ1) is 13.4. The van der Waals surface area contributed by atoms with E-state index in [9.17, 15) is 9.59 Å². The number of amides is 2. The summed E-state index contributed by atoms with van der Waals surface area (Å²) in [5.41, 5.74) is 0.460. The highest BCUT2D eigenvalue weighted by molar-refractivity contribution is 7.10. The zero-order chi connectivity index (χ0) is 20.1. The molecule has 146 valence electrons. The van der Waals surface area contributed by atoms with E-state index in [1.54, 1.807) is 5.38 Å². The minimum atomic E-state index is -0.803. The number of aromatic nitrogens is 2. The lowest BCUT2D eigenvalue weighted by atomic mass is 10.0. The summed E-state index contributed by atoms with van der Waals surface area (Å²) in [6.07, 6.45) is 0.769. The van der Waals surface area contributed by atoms with Crippen LogP contribution in [0.15, 0.2) is 53.2 Å². The molecule has 0 aliphatic carbocycles. The number of nitrogens with zero attached hydrogens (tertiary/aromatic N) is 3. The number of thiophene rings is 1. The third-order valence-corrected chi connectivity index (χ3v) is 5.93. The summed E-state index contributed by atoms with van der Waals surface area (Å²) >= 11 is 2.55. The molecule has 0 radical (unpaired) electrons. The van der Waals surface area contributed by atoms with E-state index in [2.05, 4.69) is 14.9 Å². The Morgan fingerprint density at radius 2 is 1.93 bits per heavy atom. The van der Waals surface area contributed by atoms with Crippen molar-refractivity contribution in [1.29, 1.82) is 0 Å². The van der Waals surface area contributed by atoms with Crippen LogP contribution in [-0.2, 0) is 4.79 Å². The second-order valence-electron chi connectivity index (χ2n) is 6.95. The molecule has 0 aliphatic rings. The molecular formula is C20H22N4O2S2. The molecule has 0 fully saturated rings. The van der Waals surface area contributed by atoms with Gasteiger partial charge in [-0.25, -0.2) is 0 Å². The predicted octanol–water partition coefficient (Wildman–Crippen LogP) is 4.29. The summed E-state index contributed by atoms with van der Waals surface area (Å²) in [7, 11) is 0. The molecule has 1 aromatic carbocycles. The molecule has 2 aromatic heterocycles. The van der Waals surface area contributed by atoms with Crippen LogP contribution in [0, 0.1) is 0 Å². The van der Waals surface area contributed by atoms with Gasteiger partial charge in [0, 0.05) is 21.5 Å². The minimum absolute atomic E-state index is 0.220. The van der Waals surface area contributed by atoms with Gasteiger partial charge in [0.25, 0.3) is 5.91 Å². The van der Waals surface area contributed by atoms with Crippen molar-refractivity contribution < 1.29 is 9.59 Å². The topological polar surface area (TPSA) is 75.2 Å². The molecular weight excluding hydrogens is 392 g/mol. The van der Waals surface area contributed by atoms with Crippen LogP contribution in [0.5, 0.6) is 0 Å². The molecule has 28 heavy (non-hydrogen) atoms. The van der Waals surface area contributed by atoms with Crippen molar-refractivity contribution in [3.63, 3.8) is 0 Å². The molecule has 3 aromatic rings. The van der Waals surface area contributed by atoms with E-state index in [-0.39, 0.29) is 23.0 Å². The molecule has 1 atom stereocenters. The maximum Gasteiger partial charge on any atom is 0.280 e. The number of benzene rings is 1. The van der Waals surface area contributed by atoms with Crippen LogP contribution in [0.25, 0.3) is 0 Å². The molecule has 0 unspecified atom stereocenters. The average molecular weight is 415 g/mol. The zero-order valence-corrected chi connectivity index (χ0v) is 17.6. The van der Waals surface area contributed by atoms with Gasteiger partial charge in [-0.15, -0.1) is 16.4 Å². The van der Waals surface area contributed by atoms with Crippen LogP contribution in [0.3, 0.4) is 0 Å². The Labute approximate surface area is 172 Å². The van der Waals surface area contributed by atoms with Crippen molar-refractivity contribution in [2.45, 2.75) is 38.8 Å². The molecule has 1 N–H and O–H groups in total. The lowest BCUT2D eigenvalue weighted by Gasteiger charge is -2.33. The van der Waals surface area contributed by atoms with Crippen LogP contribution < -0.4 is 10.2 Å². The third-order valence-electron chi connectivity index (χ3n) is 4.50. The van der Waals surface area contributed by atoms with Crippen molar-refractivity contribution >= 4 is 40.4 Å². The minimum Gasteiger partial charge on any atom is -0.349 e. The molecule has 8 heteroatoms. The maximum absolute atomic E-state index is 13.4. The van der Waals surface area contributed by atoms with E-state index in [1.807, 2.05) is 68.6 Å². The van der Waals surface area contributed by atoms with E-state index in [4.69, 9.17) is 0 Å². The Balaban J connectivity index is 2.09. The number of nitrogens with one attached hydrogen (secondary N) is 1. The van der Waals surface area contributed by atoms with Gasteiger partial charge in [0.2, 0.25) is 5.91 Å². The maximum atomic E-state index is 13.4. The summed E-state index contributed by atoms with van der Waals surface area (Å²) in [6, 6.07) is 12.1. The molecule has 2 heterocycles. The van der Waals surface area contributed by atoms with Gasteiger partial charge in [-0.2, -0.15) is 0 Å². The predicted molar refractivity (Wildman–Crippen MR) is 113 cm³/mol. The largest absolute Gasteiger partial charge is 0.349 e. The van der Waals surface area contributed by atoms with E-state index in [1.165, 1.54) is 16.2 Å². The third kappa shape index (κ3) is 4.45. The number of anilines is 1. The average Bonchev–Trinajstić information content (AvgIpc) is 3.39. The van der Waals surface area contributed by atoms with Gasteiger partial charge < -0.3 is 5.32 Å². The van der Waals surface area contributed by atoms with Gasteiger partial charge in [0.1, 0.15) is 0 Å². The van der Waals surface area contributed by atoms with Crippen LogP contribution in [0.1, 0.15) is 48.6 Å². The zero-order valence-electron chi connectivity index (χ0n) is 16.0. The van der Waals surface area contributed by atoms with Crippen molar-refractivity contribution in [2.75, 3.05) is 4.90 Å². The molecule has 0 saturated heterocycles. The quantitative estimate of drug-likeness (QED) is 0.626. The smallest absolute Gasteiger partial charge is 0.280 e. The highest BCUT2D eigenvalue weighted by Crippen LogP contribution is 2.32. The number of hydrogen-bond acceptors (Lipinski definition) is 6. The summed E-state index contributed by atoms with van der Waals surface area (Å²) in [5, 5.41) is 10.5. The van der Waals surface area contributed by atoms with Gasteiger partial charge in [0.15, 0.2) is 11.7 Å². The fourth-order valence-corrected chi connectivity index (χ4v) is 3.91. The molecule has 6 nitrogen and oxygen atoms in total. The van der Waals surface area contributed by atoms with E-state index in [0.717, 1.165) is 22.8 Å². The Hall–Kier alpha value is -2.58. The number of para-hydroxylation sites is 1. The molecule has 3 rings (SSSR count). The molecule has 0 spiro atoms. The van der Waals surface area contributed by atoms with Crippen LogP contribution >= 0.6 is 22.9 Å². The van der Waals surface area contributed by atoms with E-state index < -0.39 is 6.04 Å². The highest BCUT2D eigenvalue weighted by Gasteiger charge is 2.36. The summed E-state index contributed by atoms with van der Waals surface area (Å²) < 4.78 is 3.81. The SMILES string of the molecule is CCC(C)(C)NC(=O)[C@H](c1cccs1)N(C(=O)c1csnn1)c1ccccc1. The molecule has 2 amide bonds.